The van der Waals surface area contributed by atoms with Crippen LogP contribution in [-0.2, 0) is 0 Å². The van der Waals surface area contributed by atoms with Crippen molar-refractivity contribution >= 4 is 0 Å². The van der Waals surface area contributed by atoms with Crippen molar-refractivity contribution in [1.29, 1.82) is 5.26 Å². The van der Waals surface area contributed by atoms with E-state index >= 15 is 0 Å². The van der Waals surface area contributed by atoms with Crippen LogP contribution in [0.15, 0.2) is 30.3 Å². The topological polar surface area (TPSA) is 23.8 Å². The second-order valence-electron chi connectivity index (χ2n) is 4.39. The molecule has 0 aliphatic heterocycles. The summed E-state index contributed by atoms with van der Waals surface area (Å²) in [6, 6.07) is 13.0. The van der Waals surface area contributed by atoms with Gasteiger partial charge in [-0.2, -0.15) is 5.26 Å². The third kappa shape index (κ3) is 2.39. The minimum absolute atomic E-state index is 0.231. The van der Waals surface area contributed by atoms with Crippen LogP contribution in [0.2, 0.25) is 0 Å². The molecule has 0 N–H and O–H groups in total. The zero-order valence-electron chi connectivity index (χ0n) is 9.02. The first-order chi connectivity index (χ1) is 7.42. The minimum Gasteiger partial charge on any atom is -0.198 e. The van der Waals surface area contributed by atoms with Gasteiger partial charge in [-0.1, -0.05) is 49.6 Å². The number of hydrogen-bond donors (Lipinski definition) is 0. The van der Waals surface area contributed by atoms with Crippen molar-refractivity contribution in [2.75, 3.05) is 0 Å². The highest BCUT2D eigenvalue weighted by Crippen LogP contribution is 2.35. The van der Waals surface area contributed by atoms with Gasteiger partial charge in [-0.05, 0) is 24.3 Å². The molecule has 0 radical (unpaired) electrons. The summed E-state index contributed by atoms with van der Waals surface area (Å²) in [5, 5.41) is 9.20. The molecular formula is C14H17N. The van der Waals surface area contributed by atoms with Crippen LogP contribution in [0.3, 0.4) is 0 Å². The minimum atomic E-state index is 0.231. The highest BCUT2D eigenvalue weighted by Gasteiger charge is 2.24. The Morgan fingerprint density at radius 1 is 1.00 bits per heavy atom. The van der Waals surface area contributed by atoms with Gasteiger partial charge >= 0.3 is 0 Å². The van der Waals surface area contributed by atoms with Crippen LogP contribution in [0.1, 0.15) is 43.6 Å². The molecule has 1 aliphatic carbocycles. The molecule has 78 valence electrons. The van der Waals surface area contributed by atoms with Crippen molar-refractivity contribution < 1.29 is 0 Å². The Morgan fingerprint density at radius 3 is 2.47 bits per heavy atom. The summed E-state index contributed by atoms with van der Waals surface area (Å²) in [7, 11) is 0. The molecule has 15 heavy (non-hydrogen) atoms. The lowest BCUT2D eigenvalue weighted by molar-refractivity contribution is 0.490. The van der Waals surface area contributed by atoms with Gasteiger partial charge in [0.1, 0.15) is 0 Å². The van der Waals surface area contributed by atoms with E-state index in [2.05, 4.69) is 30.3 Å². The molecule has 1 fully saturated rings. The fourth-order valence-corrected chi connectivity index (χ4v) is 2.56. The summed E-state index contributed by atoms with van der Waals surface area (Å²) in [5.41, 5.74) is 1.35. The highest BCUT2D eigenvalue weighted by molar-refractivity contribution is 5.22. The van der Waals surface area contributed by atoms with E-state index in [0.717, 1.165) is 6.42 Å². The largest absolute Gasteiger partial charge is 0.198 e. The summed E-state index contributed by atoms with van der Waals surface area (Å²) in [6.07, 6.45) is 6.05. The molecule has 2 rings (SSSR count). The molecule has 0 unspecified atom stereocenters. The Hall–Kier alpha value is -1.29. The van der Waals surface area contributed by atoms with Crippen LogP contribution < -0.4 is 0 Å². The molecule has 1 aliphatic rings. The van der Waals surface area contributed by atoms with E-state index in [0.29, 0.717) is 5.92 Å². The average Bonchev–Trinajstić information content (AvgIpc) is 2.55. The first-order valence-electron chi connectivity index (χ1n) is 5.86. The zero-order chi connectivity index (χ0) is 10.5. The number of rotatable bonds is 1. The molecule has 1 heteroatoms. The lowest BCUT2D eigenvalue weighted by Crippen LogP contribution is -2.09. The van der Waals surface area contributed by atoms with E-state index in [1.165, 1.54) is 31.2 Å². The second kappa shape index (κ2) is 4.98. The van der Waals surface area contributed by atoms with E-state index < -0.39 is 0 Å². The molecule has 1 aromatic rings. The predicted molar refractivity (Wildman–Crippen MR) is 61.4 cm³/mol. The van der Waals surface area contributed by atoms with Crippen molar-refractivity contribution in [3.05, 3.63) is 35.9 Å². The quantitative estimate of drug-likeness (QED) is 0.630. The van der Waals surface area contributed by atoms with Gasteiger partial charge in [-0.15, -0.1) is 0 Å². The Balaban J connectivity index is 2.21. The molecule has 2 atom stereocenters. The van der Waals surface area contributed by atoms with Crippen LogP contribution in [0.4, 0.5) is 0 Å². The smallest absolute Gasteiger partial charge is 0.0662 e. The monoisotopic (exact) mass is 199 g/mol. The number of benzene rings is 1. The van der Waals surface area contributed by atoms with E-state index in [4.69, 9.17) is 0 Å². The summed E-state index contributed by atoms with van der Waals surface area (Å²) in [5.74, 6) is 0.702. The van der Waals surface area contributed by atoms with E-state index in [9.17, 15) is 5.26 Å². The van der Waals surface area contributed by atoms with Gasteiger partial charge in [-0.25, -0.2) is 0 Å². The van der Waals surface area contributed by atoms with E-state index in [1.54, 1.807) is 0 Å². The Morgan fingerprint density at radius 2 is 1.73 bits per heavy atom. The fraction of sp³-hybridized carbons (Fsp3) is 0.500. The molecule has 1 aromatic carbocycles. The van der Waals surface area contributed by atoms with Crippen molar-refractivity contribution in [1.82, 2.24) is 0 Å². The standard InChI is InChI=1S/C14H17N/c15-11-13-9-5-2-6-10-14(13)12-7-3-1-4-8-12/h1,3-4,7-8,13-14H,2,5-6,9-10H2/t13-,14+/m1/s1. The van der Waals surface area contributed by atoms with E-state index in [-0.39, 0.29) is 5.92 Å². The maximum Gasteiger partial charge on any atom is 0.0662 e. The van der Waals surface area contributed by atoms with Gasteiger partial charge < -0.3 is 0 Å². The maximum atomic E-state index is 9.20. The SMILES string of the molecule is N#C[C@H]1CCCCC[C@H]1c1ccccc1. The van der Waals surface area contributed by atoms with Gasteiger partial charge in [0.15, 0.2) is 0 Å². The third-order valence-electron chi connectivity index (χ3n) is 3.41. The van der Waals surface area contributed by atoms with Crippen LogP contribution in [0, 0.1) is 17.2 Å². The van der Waals surface area contributed by atoms with Crippen molar-refractivity contribution in [2.24, 2.45) is 5.92 Å². The van der Waals surface area contributed by atoms with Crippen LogP contribution >= 0.6 is 0 Å². The Labute approximate surface area is 91.7 Å². The second-order valence-corrected chi connectivity index (χ2v) is 4.39. The summed E-state index contributed by atoms with van der Waals surface area (Å²) < 4.78 is 0. The molecule has 1 saturated carbocycles. The molecule has 0 amide bonds. The molecule has 0 aromatic heterocycles. The van der Waals surface area contributed by atoms with Crippen LogP contribution in [-0.4, -0.2) is 0 Å². The molecule has 0 heterocycles. The van der Waals surface area contributed by atoms with Crippen LogP contribution in [0.5, 0.6) is 0 Å². The zero-order valence-corrected chi connectivity index (χ0v) is 9.02. The molecular weight excluding hydrogens is 182 g/mol. The average molecular weight is 199 g/mol. The van der Waals surface area contributed by atoms with Crippen molar-refractivity contribution in [3.63, 3.8) is 0 Å². The fourth-order valence-electron chi connectivity index (χ4n) is 2.56. The van der Waals surface area contributed by atoms with E-state index in [1.807, 2.05) is 6.07 Å². The predicted octanol–water partition coefficient (Wildman–Crippen LogP) is 3.87. The molecule has 0 spiro atoms. The summed E-state index contributed by atoms with van der Waals surface area (Å²) in [4.78, 5) is 0. The van der Waals surface area contributed by atoms with Gasteiger partial charge in [0.25, 0.3) is 0 Å². The molecule has 0 saturated heterocycles. The number of nitrogens with zero attached hydrogens (tertiary/aromatic N) is 1. The maximum absolute atomic E-state index is 9.20. The van der Waals surface area contributed by atoms with Gasteiger partial charge in [0, 0.05) is 0 Å². The Kier molecular flexibility index (Phi) is 3.40. The lowest BCUT2D eigenvalue weighted by Gasteiger charge is -2.19. The first-order valence-corrected chi connectivity index (χ1v) is 5.86. The summed E-state index contributed by atoms with van der Waals surface area (Å²) >= 11 is 0. The van der Waals surface area contributed by atoms with Crippen molar-refractivity contribution in [3.8, 4) is 6.07 Å². The van der Waals surface area contributed by atoms with Gasteiger partial charge in [0.05, 0.1) is 12.0 Å². The highest BCUT2D eigenvalue weighted by atomic mass is 14.3. The van der Waals surface area contributed by atoms with Gasteiger partial charge in [0.2, 0.25) is 0 Å². The lowest BCUT2D eigenvalue weighted by atomic mass is 9.83. The summed E-state index contributed by atoms with van der Waals surface area (Å²) in [6.45, 7) is 0. The Bertz CT molecular complexity index is 336. The third-order valence-corrected chi connectivity index (χ3v) is 3.41. The van der Waals surface area contributed by atoms with Crippen molar-refractivity contribution in [2.45, 2.75) is 38.0 Å². The number of nitriles is 1. The molecule has 1 nitrogen and oxygen atoms in total. The van der Waals surface area contributed by atoms with Crippen LogP contribution in [0.25, 0.3) is 0 Å². The first kappa shape index (κ1) is 10.2. The normalized spacial score (nSPS) is 26.6. The van der Waals surface area contributed by atoms with Gasteiger partial charge in [-0.3, -0.25) is 0 Å². The number of hydrogen-bond acceptors (Lipinski definition) is 1. The molecule has 0 bridgehead atoms.